The van der Waals surface area contributed by atoms with E-state index in [2.05, 4.69) is 4.99 Å². The van der Waals surface area contributed by atoms with E-state index in [0.717, 1.165) is 28.3 Å². The van der Waals surface area contributed by atoms with Crippen LogP contribution in [0.3, 0.4) is 0 Å². The van der Waals surface area contributed by atoms with Gasteiger partial charge in [-0.2, -0.15) is 0 Å². The molecule has 5 heteroatoms. The molecule has 0 unspecified atom stereocenters. The smallest absolute Gasteiger partial charge is 0.161 e. The topological polar surface area (TPSA) is 40.0 Å². The Morgan fingerprint density at radius 2 is 1.50 bits per heavy atom. The van der Waals surface area contributed by atoms with Gasteiger partial charge in [-0.1, -0.05) is 41.9 Å². The second-order valence-electron chi connectivity index (χ2n) is 6.99. The van der Waals surface area contributed by atoms with Gasteiger partial charge in [-0.25, -0.2) is 0 Å². The number of nitrogens with zero attached hydrogens (tertiary/aromatic N) is 1. The molecule has 0 saturated heterocycles. The summed E-state index contributed by atoms with van der Waals surface area (Å²) in [6.45, 7) is 0.429. The summed E-state index contributed by atoms with van der Waals surface area (Å²) in [6, 6.07) is 30.6. The van der Waals surface area contributed by atoms with Crippen molar-refractivity contribution >= 4 is 23.5 Å². The molecule has 0 aliphatic carbocycles. The SMILES string of the molecule is COc1cc(C=Nc2ccc(Oc3ccccc3)cc2)ccc1OCc1ccc(Cl)cc1. The first-order chi connectivity index (χ1) is 15.7. The molecule has 0 heterocycles. The fourth-order valence-corrected chi connectivity index (χ4v) is 3.13. The molecule has 160 valence electrons. The summed E-state index contributed by atoms with van der Waals surface area (Å²) in [4.78, 5) is 4.54. The van der Waals surface area contributed by atoms with Crippen molar-refractivity contribution in [2.24, 2.45) is 4.99 Å². The van der Waals surface area contributed by atoms with E-state index in [4.69, 9.17) is 25.8 Å². The number of methoxy groups -OCH3 is 1. The van der Waals surface area contributed by atoms with Crippen LogP contribution in [0.25, 0.3) is 0 Å². The number of ether oxygens (including phenoxy) is 3. The van der Waals surface area contributed by atoms with Gasteiger partial charge < -0.3 is 14.2 Å². The van der Waals surface area contributed by atoms with E-state index >= 15 is 0 Å². The molecule has 0 spiro atoms. The van der Waals surface area contributed by atoms with Gasteiger partial charge in [-0.15, -0.1) is 0 Å². The second kappa shape index (κ2) is 10.5. The lowest BCUT2D eigenvalue weighted by Gasteiger charge is -2.11. The molecule has 0 fully saturated rings. The van der Waals surface area contributed by atoms with Crippen molar-refractivity contribution in [3.05, 3.63) is 113 Å². The first kappa shape index (κ1) is 21.5. The van der Waals surface area contributed by atoms with Gasteiger partial charge in [0.25, 0.3) is 0 Å². The van der Waals surface area contributed by atoms with Crippen molar-refractivity contribution in [1.82, 2.24) is 0 Å². The van der Waals surface area contributed by atoms with Gasteiger partial charge in [0.2, 0.25) is 0 Å². The van der Waals surface area contributed by atoms with Crippen molar-refractivity contribution in [1.29, 1.82) is 0 Å². The van der Waals surface area contributed by atoms with Crippen molar-refractivity contribution in [3.8, 4) is 23.0 Å². The lowest BCUT2D eigenvalue weighted by atomic mass is 10.2. The fraction of sp³-hybridized carbons (Fsp3) is 0.0741. The van der Waals surface area contributed by atoms with Gasteiger partial charge in [-0.3, -0.25) is 4.99 Å². The number of para-hydroxylation sites is 1. The highest BCUT2D eigenvalue weighted by atomic mass is 35.5. The Bertz CT molecular complexity index is 1170. The fourth-order valence-electron chi connectivity index (χ4n) is 3.00. The number of aliphatic imine (C=N–C) groups is 1. The molecule has 0 N–H and O–H groups in total. The van der Waals surface area contributed by atoms with Crippen LogP contribution in [-0.4, -0.2) is 13.3 Å². The van der Waals surface area contributed by atoms with E-state index in [1.807, 2.05) is 97.1 Å². The summed E-state index contributed by atoms with van der Waals surface area (Å²) in [5, 5.41) is 0.702. The predicted molar refractivity (Wildman–Crippen MR) is 129 cm³/mol. The van der Waals surface area contributed by atoms with Crippen LogP contribution in [0, 0.1) is 0 Å². The first-order valence-electron chi connectivity index (χ1n) is 10.1. The maximum absolute atomic E-state index is 5.93. The Morgan fingerprint density at radius 1 is 0.781 bits per heavy atom. The lowest BCUT2D eigenvalue weighted by molar-refractivity contribution is 0.284. The molecule has 0 aliphatic rings. The average molecular weight is 444 g/mol. The van der Waals surface area contributed by atoms with Crippen LogP contribution in [0.15, 0.2) is 102 Å². The van der Waals surface area contributed by atoms with Crippen molar-refractivity contribution in [2.75, 3.05) is 7.11 Å². The molecule has 0 aliphatic heterocycles. The molecule has 0 aromatic heterocycles. The van der Waals surface area contributed by atoms with Gasteiger partial charge >= 0.3 is 0 Å². The zero-order valence-corrected chi connectivity index (χ0v) is 18.3. The van der Waals surface area contributed by atoms with Crippen LogP contribution in [0.2, 0.25) is 5.02 Å². The molecule has 0 bridgehead atoms. The Morgan fingerprint density at radius 3 is 2.22 bits per heavy atom. The number of hydrogen-bond donors (Lipinski definition) is 0. The summed E-state index contributed by atoms with van der Waals surface area (Å²) in [6.07, 6.45) is 1.79. The Kier molecular flexibility index (Phi) is 7.05. The van der Waals surface area contributed by atoms with Crippen LogP contribution in [-0.2, 0) is 6.61 Å². The van der Waals surface area contributed by atoms with Crippen LogP contribution >= 0.6 is 11.6 Å². The van der Waals surface area contributed by atoms with Crippen LogP contribution in [0.5, 0.6) is 23.0 Å². The molecule has 4 rings (SSSR count). The van der Waals surface area contributed by atoms with Crippen molar-refractivity contribution in [3.63, 3.8) is 0 Å². The van der Waals surface area contributed by atoms with Crippen molar-refractivity contribution < 1.29 is 14.2 Å². The first-order valence-corrected chi connectivity index (χ1v) is 10.5. The van der Waals surface area contributed by atoms with Gasteiger partial charge in [0, 0.05) is 11.2 Å². The van der Waals surface area contributed by atoms with Crippen LogP contribution < -0.4 is 14.2 Å². The molecule has 32 heavy (non-hydrogen) atoms. The van der Waals surface area contributed by atoms with Gasteiger partial charge in [0.05, 0.1) is 12.8 Å². The van der Waals surface area contributed by atoms with Gasteiger partial charge in [0.15, 0.2) is 11.5 Å². The number of benzene rings is 4. The summed E-state index contributed by atoms with van der Waals surface area (Å²) in [5.74, 6) is 2.88. The molecule has 0 atom stereocenters. The number of hydrogen-bond acceptors (Lipinski definition) is 4. The van der Waals surface area contributed by atoms with Crippen LogP contribution in [0.4, 0.5) is 5.69 Å². The largest absolute Gasteiger partial charge is 0.493 e. The monoisotopic (exact) mass is 443 g/mol. The zero-order valence-electron chi connectivity index (χ0n) is 17.6. The summed E-state index contributed by atoms with van der Waals surface area (Å²) in [5.41, 5.74) is 2.76. The van der Waals surface area contributed by atoms with E-state index in [-0.39, 0.29) is 0 Å². The third-order valence-electron chi connectivity index (χ3n) is 4.67. The molecule has 0 radical (unpaired) electrons. The summed E-state index contributed by atoms with van der Waals surface area (Å²) >= 11 is 5.93. The molecule has 0 amide bonds. The maximum Gasteiger partial charge on any atom is 0.161 e. The minimum absolute atomic E-state index is 0.429. The minimum Gasteiger partial charge on any atom is -0.493 e. The zero-order chi connectivity index (χ0) is 22.2. The third-order valence-corrected chi connectivity index (χ3v) is 4.93. The number of halogens is 1. The van der Waals surface area contributed by atoms with Crippen LogP contribution in [0.1, 0.15) is 11.1 Å². The summed E-state index contributed by atoms with van der Waals surface area (Å²) < 4.78 is 17.2. The Hall–Kier alpha value is -3.76. The Balaban J connectivity index is 1.39. The molecule has 4 aromatic carbocycles. The van der Waals surface area contributed by atoms with E-state index in [0.29, 0.717) is 23.1 Å². The van der Waals surface area contributed by atoms with Gasteiger partial charge in [0.1, 0.15) is 18.1 Å². The van der Waals surface area contributed by atoms with Crippen molar-refractivity contribution in [2.45, 2.75) is 6.61 Å². The summed E-state index contributed by atoms with van der Waals surface area (Å²) in [7, 11) is 1.62. The highest BCUT2D eigenvalue weighted by Crippen LogP contribution is 2.29. The second-order valence-corrected chi connectivity index (χ2v) is 7.43. The van der Waals surface area contributed by atoms with E-state index in [9.17, 15) is 0 Å². The normalized spacial score (nSPS) is 10.8. The molecular formula is C27H22ClNO3. The van der Waals surface area contributed by atoms with E-state index in [1.54, 1.807) is 13.3 Å². The standard InChI is InChI=1S/C27H22ClNO3/c1-30-27-17-21(9-16-26(27)31-19-20-7-10-22(28)11-8-20)18-29-23-12-14-25(15-13-23)32-24-5-3-2-4-6-24/h2-18H,19H2,1H3. The maximum atomic E-state index is 5.93. The quantitative estimate of drug-likeness (QED) is 0.265. The number of rotatable bonds is 8. The third kappa shape index (κ3) is 5.90. The van der Waals surface area contributed by atoms with Gasteiger partial charge in [-0.05, 0) is 77.9 Å². The van der Waals surface area contributed by atoms with E-state index in [1.165, 1.54) is 0 Å². The molecule has 4 nitrogen and oxygen atoms in total. The highest BCUT2D eigenvalue weighted by molar-refractivity contribution is 6.30. The highest BCUT2D eigenvalue weighted by Gasteiger charge is 2.06. The van der Waals surface area contributed by atoms with E-state index < -0.39 is 0 Å². The lowest BCUT2D eigenvalue weighted by Crippen LogP contribution is -1.98. The Labute approximate surface area is 192 Å². The predicted octanol–water partition coefficient (Wildman–Crippen LogP) is 7.47. The average Bonchev–Trinajstić information content (AvgIpc) is 2.84. The minimum atomic E-state index is 0.429. The molecule has 4 aromatic rings. The molecule has 0 saturated carbocycles. The molecular weight excluding hydrogens is 422 g/mol.